The van der Waals surface area contributed by atoms with Gasteiger partial charge in [-0.2, -0.15) is 0 Å². The van der Waals surface area contributed by atoms with Crippen LogP contribution >= 0.6 is 0 Å². The molecule has 48 heavy (non-hydrogen) atoms. The Morgan fingerprint density at radius 2 is 1.48 bits per heavy atom. The number of fused-ring (bicyclic) bond motifs is 3. The van der Waals surface area contributed by atoms with Crippen molar-refractivity contribution in [2.24, 2.45) is 0 Å². The molecule has 0 bridgehead atoms. The molecule has 6 heteroatoms. The molecule has 0 aliphatic rings. The van der Waals surface area contributed by atoms with Gasteiger partial charge in [0.15, 0.2) is 0 Å². The minimum Gasteiger partial charge on any atom is -0.476 e. The standard InChI is InChI=1S/C28H25N2O.C14H16NSi.Ir/c1-16(2)25-14-26(29-15-17(25)3)20-9-10-23-24-8-6-7-22(28(24)31-27(23)13-20)21-11-18(4)30-19(5)12-21;1-16(2,3)13-9-10-14(15-11-13)12-7-5-4-6-8-12;/h6-8,10-16H,1-5H3;4-7,9-11H,1-3H3;/q2*-1;. The van der Waals surface area contributed by atoms with Crippen LogP contribution in [-0.4, -0.2) is 23.0 Å². The number of pyridine rings is 3. The second kappa shape index (κ2) is 14.5. The van der Waals surface area contributed by atoms with E-state index in [1.54, 1.807) is 0 Å². The minimum absolute atomic E-state index is 0. The second-order valence-electron chi connectivity index (χ2n) is 13.6. The molecule has 1 radical (unpaired) electrons. The Labute approximate surface area is 299 Å². The Bertz CT molecular complexity index is 2160. The summed E-state index contributed by atoms with van der Waals surface area (Å²) in [6, 6.07) is 35.7. The fourth-order valence-corrected chi connectivity index (χ4v) is 6.99. The fraction of sp³-hybridized carbons (Fsp3) is 0.214. The number of rotatable bonds is 5. The van der Waals surface area contributed by atoms with E-state index in [4.69, 9.17) is 4.42 Å². The Kier molecular flexibility index (Phi) is 10.6. The van der Waals surface area contributed by atoms with Crippen molar-refractivity contribution in [3.63, 3.8) is 0 Å². The Hall–Kier alpha value is -4.22. The first kappa shape index (κ1) is 35.1. The molecule has 0 saturated carbocycles. The first-order valence-corrected chi connectivity index (χ1v) is 19.7. The van der Waals surface area contributed by atoms with Crippen LogP contribution in [0.3, 0.4) is 0 Å². The largest absolute Gasteiger partial charge is 0.476 e. The quantitative estimate of drug-likeness (QED) is 0.128. The van der Waals surface area contributed by atoms with Gasteiger partial charge in [0.05, 0.1) is 13.7 Å². The first-order chi connectivity index (χ1) is 22.5. The van der Waals surface area contributed by atoms with Gasteiger partial charge in [-0.3, -0.25) is 4.98 Å². The van der Waals surface area contributed by atoms with E-state index in [9.17, 15) is 0 Å². The smallest absolute Gasteiger partial charge is 0.131 e. The number of hydrogen-bond donors (Lipinski definition) is 0. The van der Waals surface area contributed by atoms with Gasteiger partial charge in [-0.25, -0.2) is 0 Å². The van der Waals surface area contributed by atoms with E-state index in [-0.39, 0.29) is 20.1 Å². The number of hydrogen-bond acceptors (Lipinski definition) is 4. The average molecular weight is 824 g/mol. The SMILES string of the molecule is C[Si](C)(C)c1ccc(-c2[c-]cccc2)nc1.Cc1cc(-c2cccc3c2oc2cc(-c4cc(C(C)C)c(C)cn4)[c-]cc23)cc(C)n1.[Ir]. The first-order valence-electron chi connectivity index (χ1n) is 16.2. The fourth-order valence-electron chi connectivity index (χ4n) is 5.96. The van der Waals surface area contributed by atoms with Crippen molar-refractivity contribution in [2.45, 2.75) is 60.2 Å². The molecule has 245 valence electrons. The molecule has 3 aromatic carbocycles. The number of furan rings is 1. The summed E-state index contributed by atoms with van der Waals surface area (Å²) in [6.07, 6.45) is 3.97. The van der Waals surface area contributed by atoms with E-state index >= 15 is 0 Å². The van der Waals surface area contributed by atoms with Gasteiger partial charge in [0.1, 0.15) is 5.58 Å². The predicted octanol–water partition coefficient (Wildman–Crippen LogP) is 10.7. The molecular formula is C42H41IrN3OSi-2. The van der Waals surface area contributed by atoms with Gasteiger partial charge in [-0.1, -0.05) is 81.3 Å². The molecule has 0 spiro atoms. The molecule has 7 rings (SSSR count). The molecule has 0 atom stereocenters. The van der Waals surface area contributed by atoms with Gasteiger partial charge in [-0.05, 0) is 77.5 Å². The van der Waals surface area contributed by atoms with Gasteiger partial charge in [0, 0.05) is 49.5 Å². The van der Waals surface area contributed by atoms with Crippen LogP contribution in [0.5, 0.6) is 0 Å². The van der Waals surface area contributed by atoms with E-state index in [1.165, 1.54) is 16.3 Å². The third kappa shape index (κ3) is 7.57. The van der Waals surface area contributed by atoms with Gasteiger partial charge in [0.2, 0.25) is 0 Å². The molecule has 0 saturated heterocycles. The van der Waals surface area contributed by atoms with Crippen molar-refractivity contribution >= 4 is 35.2 Å². The molecule has 0 aliphatic carbocycles. The van der Waals surface area contributed by atoms with Gasteiger partial charge in [-0.15, -0.1) is 53.6 Å². The summed E-state index contributed by atoms with van der Waals surface area (Å²) in [4.78, 5) is 13.7. The maximum atomic E-state index is 6.41. The third-order valence-corrected chi connectivity index (χ3v) is 10.5. The van der Waals surface area contributed by atoms with Crippen LogP contribution in [0.2, 0.25) is 19.6 Å². The molecule has 0 fully saturated rings. The number of nitrogens with zero attached hydrogens (tertiary/aromatic N) is 3. The van der Waals surface area contributed by atoms with E-state index < -0.39 is 8.07 Å². The normalized spacial score (nSPS) is 11.4. The zero-order valence-electron chi connectivity index (χ0n) is 28.9. The van der Waals surface area contributed by atoms with Crippen LogP contribution in [0.25, 0.3) is 55.6 Å². The van der Waals surface area contributed by atoms with E-state index in [0.29, 0.717) is 5.92 Å². The molecule has 0 unspecified atom stereocenters. The van der Waals surface area contributed by atoms with Crippen molar-refractivity contribution in [1.29, 1.82) is 0 Å². The Balaban J connectivity index is 0.000000224. The van der Waals surface area contributed by atoms with Crippen molar-refractivity contribution in [1.82, 2.24) is 15.0 Å². The summed E-state index contributed by atoms with van der Waals surface area (Å²) in [6.45, 7) is 17.6. The Morgan fingerprint density at radius 1 is 0.729 bits per heavy atom. The summed E-state index contributed by atoms with van der Waals surface area (Å²) in [5, 5.41) is 3.56. The van der Waals surface area contributed by atoms with Crippen LogP contribution in [0, 0.1) is 32.9 Å². The Morgan fingerprint density at radius 3 is 2.12 bits per heavy atom. The topological polar surface area (TPSA) is 51.8 Å². The summed E-state index contributed by atoms with van der Waals surface area (Å²) in [5.41, 5.74) is 12.4. The van der Waals surface area contributed by atoms with Gasteiger partial charge >= 0.3 is 0 Å². The number of aryl methyl sites for hydroxylation is 3. The van der Waals surface area contributed by atoms with E-state index in [2.05, 4.69) is 122 Å². The third-order valence-electron chi connectivity index (χ3n) is 8.48. The second-order valence-corrected chi connectivity index (χ2v) is 18.7. The van der Waals surface area contributed by atoms with Crippen molar-refractivity contribution in [2.75, 3.05) is 0 Å². The number of para-hydroxylation sites is 1. The monoisotopic (exact) mass is 824 g/mol. The predicted molar refractivity (Wildman–Crippen MR) is 199 cm³/mol. The average Bonchev–Trinajstić information content (AvgIpc) is 3.43. The molecule has 4 nitrogen and oxygen atoms in total. The summed E-state index contributed by atoms with van der Waals surface area (Å²) in [7, 11) is -1.23. The molecular weight excluding hydrogens is 783 g/mol. The van der Waals surface area contributed by atoms with Crippen LogP contribution in [0.1, 0.15) is 42.3 Å². The van der Waals surface area contributed by atoms with Crippen molar-refractivity contribution < 1.29 is 24.5 Å². The van der Waals surface area contributed by atoms with Crippen LogP contribution in [-0.2, 0) is 20.1 Å². The van der Waals surface area contributed by atoms with Crippen LogP contribution in [0.15, 0.2) is 102 Å². The number of benzene rings is 3. The molecule has 0 N–H and O–H groups in total. The molecule has 4 heterocycles. The zero-order chi connectivity index (χ0) is 33.3. The van der Waals surface area contributed by atoms with Gasteiger partial charge < -0.3 is 14.4 Å². The van der Waals surface area contributed by atoms with Crippen LogP contribution < -0.4 is 5.19 Å². The maximum absolute atomic E-state index is 6.41. The van der Waals surface area contributed by atoms with Crippen LogP contribution in [0.4, 0.5) is 0 Å². The summed E-state index contributed by atoms with van der Waals surface area (Å²) < 4.78 is 6.41. The van der Waals surface area contributed by atoms with E-state index in [0.717, 1.165) is 67.0 Å². The molecule has 7 aromatic rings. The number of aromatic nitrogens is 3. The molecule has 0 amide bonds. The van der Waals surface area contributed by atoms with Gasteiger partial charge in [0.25, 0.3) is 0 Å². The zero-order valence-corrected chi connectivity index (χ0v) is 32.3. The minimum atomic E-state index is -1.23. The van der Waals surface area contributed by atoms with E-state index in [1.807, 2.05) is 56.6 Å². The van der Waals surface area contributed by atoms with Crippen molar-refractivity contribution in [3.8, 4) is 33.6 Å². The summed E-state index contributed by atoms with van der Waals surface area (Å²) in [5.74, 6) is 0.450. The molecule has 0 aliphatic heterocycles. The summed E-state index contributed by atoms with van der Waals surface area (Å²) >= 11 is 0. The van der Waals surface area contributed by atoms with Crippen molar-refractivity contribution in [3.05, 3.63) is 132 Å². The molecule has 4 aromatic heterocycles. The maximum Gasteiger partial charge on any atom is 0.131 e.